The van der Waals surface area contributed by atoms with Crippen molar-refractivity contribution in [3.63, 3.8) is 0 Å². The van der Waals surface area contributed by atoms with Crippen LogP contribution in [0.25, 0.3) is 0 Å². The number of methoxy groups -OCH3 is 1. The standard InChI is InChI=1S/C25H25N3O4S/c1-4-12-33-25-27-24(30)22-18(14-21(29)26-23(22)28(25)2)17-10-11-19(20(13-17)31-3)32-15-16-8-6-5-7-9-16/h4-11,13,18H,1,12,14-15H2,2-3H3,(H,26,29). The normalized spacial score (nSPS) is 14.8. The molecule has 2 aromatic carbocycles. The first-order valence-electron chi connectivity index (χ1n) is 10.5. The third-order valence-corrected chi connectivity index (χ3v) is 6.48. The largest absolute Gasteiger partial charge is 0.493 e. The van der Waals surface area contributed by atoms with Crippen LogP contribution in [0.2, 0.25) is 0 Å². The second kappa shape index (κ2) is 9.95. The van der Waals surface area contributed by atoms with E-state index in [9.17, 15) is 9.59 Å². The lowest BCUT2D eigenvalue weighted by Crippen LogP contribution is -2.33. The lowest BCUT2D eigenvalue weighted by Gasteiger charge is -2.28. The fourth-order valence-electron chi connectivity index (χ4n) is 3.84. The molecule has 0 spiro atoms. The molecule has 1 aliphatic rings. The van der Waals surface area contributed by atoms with Gasteiger partial charge in [-0.05, 0) is 23.3 Å². The van der Waals surface area contributed by atoms with E-state index < -0.39 is 5.92 Å². The van der Waals surface area contributed by atoms with Crippen LogP contribution in [-0.2, 0) is 18.4 Å². The topological polar surface area (TPSA) is 82.5 Å². The summed E-state index contributed by atoms with van der Waals surface area (Å²) >= 11 is 1.39. The van der Waals surface area contributed by atoms with Crippen LogP contribution in [0.1, 0.15) is 29.0 Å². The number of fused-ring (bicyclic) bond motifs is 1. The van der Waals surface area contributed by atoms with E-state index in [0.29, 0.717) is 40.4 Å². The van der Waals surface area contributed by atoms with Gasteiger partial charge in [0.15, 0.2) is 16.7 Å². The number of carbonyl (C=O) groups is 1. The van der Waals surface area contributed by atoms with Crippen LogP contribution in [0.5, 0.6) is 11.5 Å². The van der Waals surface area contributed by atoms with Gasteiger partial charge in [0.2, 0.25) is 5.91 Å². The quantitative estimate of drug-likeness (QED) is 0.307. The van der Waals surface area contributed by atoms with Crippen LogP contribution in [0, 0.1) is 0 Å². The average Bonchev–Trinajstić information content (AvgIpc) is 2.84. The second-order valence-corrected chi connectivity index (χ2v) is 8.60. The zero-order valence-corrected chi connectivity index (χ0v) is 19.4. The molecule has 3 aromatic rings. The number of nitrogens with one attached hydrogen (secondary N) is 1. The van der Waals surface area contributed by atoms with Gasteiger partial charge < -0.3 is 19.4 Å². The minimum absolute atomic E-state index is 0.149. The van der Waals surface area contributed by atoms with Crippen molar-refractivity contribution in [3.8, 4) is 11.5 Å². The molecule has 0 saturated heterocycles. The summed E-state index contributed by atoms with van der Waals surface area (Å²) in [5, 5.41) is 3.38. The highest BCUT2D eigenvalue weighted by atomic mass is 32.2. The predicted octanol–water partition coefficient (Wildman–Crippen LogP) is 4.12. The fourth-order valence-corrected chi connectivity index (χ4v) is 4.54. The van der Waals surface area contributed by atoms with E-state index in [0.717, 1.165) is 11.1 Å². The summed E-state index contributed by atoms with van der Waals surface area (Å²) in [4.78, 5) is 29.8. The Morgan fingerprint density at radius 1 is 1.21 bits per heavy atom. The van der Waals surface area contributed by atoms with Gasteiger partial charge in [-0.3, -0.25) is 9.59 Å². The zero-order chi connectivity index (χ0) is 23.4. The molecule has 170 valence electrons. The molecule has 0 saturated carbocycles. The number of ether oxygens (including phenoxy) is 2. The minimum atomic E-state index is -0.435. The summed E-state index contributed by atoms with van der Waals surface area (Å²) in [5.74, 6) is 1.63. The van der Waals surface area contributed by atoms with Crippen LogP contribution >= 0.6 is 11.8 Å². The van der Waals surface area contributed by atoms with Gasteiger partial charge in [0, 0.05) is 25.1 Å². The monoisotopic (exact) mass is 463 g/mol. The number of thioether (sulfide) groups is 1. The third kappa shape index (κ3) is 4.80. The number of rotatable bonds is 8. The maximum absolute atomic E-state index is 13.0. The van der Waals surface area contributed by atoms with Crippen molar-refractivity contribution in [2.45, 2.75) is 24.1 Å². The van der Waals surface area contributed by atoms with Gasteiger partial charge in [-0.25, -0.2) is 0 Å². The van der Waals surface area contributed by atoms with Gasteiger partial charge in [0.25, 0.3) is 5.56 Å². The summed E-state index contributed by atoms with van der Waals surface area (Å²) < 4.78 is 13.3. The first kappa shape index (κ1) is 22.7. The molecule has 1 atom stereocenters. The molecular formula is C25H25N3O4S. The molecule has 1 amide bonds. The molecule has 7 nitrogen and oxygen atoms in total. The van der Waals surface area contributed by atoms with Crippen molar-refractivity contribution in [3.05, 3.63) is 88.2 Å². The van der Waals surface area contributed by atoms with E-state index in [2.05, 4.69) is 16.9 Å². The molecule has 33 heavy (non-hydrogen) atoms. The zero-order valence-electron chi connectivity index (χ0n) is 18.5. The smallest absolute Gasteiger partial charge is 0.279 e. The number of carbonyl (C=O) groups excluding carboxylic acids is 1. The Kier molecular flexibility index (Phi) is 6.84. The van der Waals surface area contributed by atoms with Gasteiger partial charge in [0.05, 0.1) is 12.7 Å². The first-order chi connectivity index (χ1) is 16.0. The Hall–Kier alpha value is -3.52. The molecule has 1 aromatic heterocycles. The maximum atomic E-state index is 13.0. The van der Waals surface area contributed by atoms with Crippen molar-refractivity contribution < 1.29 is 14.3 Å². The molecule has 2 heterocycles. The lowest BCUT2D eigenvalue weighted by molar-refractivity contribution is -0.116. The number of hydrogen-bond donors (Lipinski definition) is 1. The summed E-state index contributed by atoms with van der Waals surface area (Å²) in [6.07, 6.45) is 1.89. The predicted molar refractivity (Wildman–Crippen MR) is 129 cm³/mol. The van der Waals surface area contributed by atoms with Crippen LogP contribution < -0.4 is 20.3 Å². The molecule has 4 rings (SSSR count). The Morgan fingerprint density at radius 2 is 2.00 bits per heavy atom. The summed E-state index contributed by atoms with van der Waals surface area (Å²) in [5.41, 5.74) is 1.96. The van der Waals surface area contributed by atoms with E-state index in [1.807, 2.05) is 48.5 Å². The van der Waals surface area contributed by atoms with Gasteiger partial charge in [-0.1, -0.05) is 54.2 Å². The molecule has 1 aliphatic heterocycles. The van der Waals surface area contributed by atoms with Gasteiger partial charge in [-0.15, -0.1) is 6.58 Å². The van der Waals surface area contributed by atoms with Crippen molar-refractivity contribution in [1.82, 2.24) is 9.55 Å². The highest BCUT2D eigenvalue weighted by molar-refractivity contribution is 7.99. The Bertz CT molecular complexity index is 1240. The summed E-state index contributed by atoms with van der Waals surface area (Å²) in [6.45, 7) is 4.11. The number of amides is 1. The number of hydrogen-bond acceptors (Lipinski definition) is 6. The molecule has 1 N–H and O–H groups in total. The molecule has 0 bridgehead atoms. The SMILES string of the molecule is C=CCSc1nc(=O)c2c(n1C)NC(=O)CC2c1ccc(OCc2ccccc2)c(OC)c1. The van der Waals surface area contributed by atoms with E-state index in [-0.39, 0.29) is 17.9 Å². The summed E-state index contributed by atoms with van der Waals surface area (Å²) in [6, 6.07) is 15.4. The molecule has 8 heteroatoms. The molecule has 0 aliphatic carbocycles. The minimum Gasteiger partial charge on any atom is -0.493 e. The second-order valence-electron chi connectivity index (χ2n) is 7.61. The highest BCUT2D eigenvalue weighted by Gasteiger charge is 2.32. The van der Waals surface area contributed by atoms with Crippen molar-refractivity contribution in [1.29, 1.82) is 0 Å². The maximum Gasteiger partial charge on any atom is 0.279 e. The summed E-state index contributed by atoms with van der Waals surface area (Å²) in [7, 11) is 3.36. The Morgan fingerprint density at radius 3 is 2.73 bits per heavy atom. The Labute approximate surface area is 196 Å². The van der Waals surface area contributed by atoms with Crippen LogP contribution in [0.4, 0.5) is 5.82 Å². The van der Waals surface area contributed by atoms with Gasteiger partial charge in [-0.2, -0.15) is 4.98 Å². The number of aromatic nitrogens is 2. The number of anilines is 1. The van der Waals surface area contributed by atoms with E-state index in [4.69, 9.17) is 9.47 Å². The van der Waals surface area contributed by atoms with Gasteiger partial charge >= 0.3 is 0 Å². The van der Waals surface area contributed by atoms with Crippen molar-refractivity contribution in [2.75, 3.05) is 18.2 Å². The molecule has 0 radical (unpaired) electrons. The van der Waals surface area contributed by atoms with E-state index in [1.54, 1.807) is 24.8 Å². The third-order valence-electron chi connectivity index (χ3n) is 5.46. The van der Waals surface area contributed by atoms with E-state index >= 15 is 0 Å². The van der Waals surface area contributed by atoms with Crippen LogP contribution in [0.15, 0.2) is 71.1 Å². The van der Waals surface area contributed by atoms with Crippen molar-refractivity contribution in [2.24, 2.45) is 7.05 Å². The highest BCUT2D eigenvalue weighted by Crippen LogP contribution is 2.39. The van der Waals surface area contributed by atoms with Crippen LogP contribution in [-0.4, -0.2) is 28.3 Å². The number of benzene rings is 2. The Balaban J connectivity index is 1.68. The lowest BCUT2D eigenvalue weighted by atomic mass is 9.86. The molecule has 0 fully saturated rings. The fraction of sp³-hybridized carbons (Fsp3) is 0.240. The van der Waals surface area contributed by atoms with Crippen molar-refractivity contribution >= 4 is 23.5 Å². The first-order valence-corrected chi connectivity index (χ1v) is 11.5. The van der Waals surface area contributed by atoms with Crippen LogP contribution in [0.3, 0.4) is 0 Å². The van der Waals surface area contributed by atoms with E-state index in [1.165, 1.54) is 11.8 Å². The van der Waals surface area contributed by atoms with Gasteiger partial charge in [0.1, 0.15) is 12.4 Å². The molecule has 1 unspecified atom stereocenters. The molecular weight excluding hydrogens is 438 g/mol. The number of nitrogens with zero attached hydrogens (tertiary/aromatic N) is 2. The average molecular weight is 464 g/mol.